The molecule has 11 nitrogen and oxygen atoms in total. The Bertz CT molecular complexity index is 1360. The van der Waals surface area contributed by atoms with E-state index in [0.29, 0.717) is 23.8 Å². The molecule has 3 aromatic rings. The number of carboxylic acids is 1. The Balaban J connectivity index is 1.67. The Kier molecular flexibility index (Phi) is 7.87. The highest BCUT2D eigenvalue weighted by molar-refractivity contribution is 7.13. The number of hydrogen-bond donors (Lipinski definition) is 3. The van der Waals surface area contributed by atoms with Gasteiger partial charge in [0.1, 0.15) is 11.6 Å². The number of nitrogens with one attached hydrogen (secondary N) is 2. The lowest BCUT2D eigenvalue weighted by Crippen LogP contribution is -2.47. The number of thiazole rings is 1. The lowest BCUT2D eigenvalue weighted by atomic mass is 9.81. The Hall–Kier alpha value is -4.19. The molecule has 0 saturated heterocycles. The molecule has 37 heavy (non-hydrogen) atoms. The van der Waals surface area contributed by atoms with Crippen molar-refractivity contribution in [3.63, 3.8) is 0 Å². The molecule has 0 saturated carbocycles. The van der Waals surface area contributed by atoms with Crippen LogP contribution < -0.4 is 20.1 Å². The molecule has 192 valence electrons. The van der Waals surface area contributed by atoms with Crippen LogP contribution in [0.15, 0.2) is 47.0 Å². The van der Waals surface area contributed by atoms with E-state index in [2.05, 4.69) is 25.6 Å². The van der Waals surface area contributed by atoms with Crippen molar-refractivity contribution in [3.05, 3.63) is 74.9 Å². The number of carboxylic acid groups (broad SMARTS) is 1. The molecule has 0 bridgehead atoms. The van der Waals surface area contributed by atoms with Crippen molar-refractivity contribution in [2.45, 2.75) is 25.3 Å². The monoisotopic (exact) mass is 526 g/mol. The van der Waals surface area contributed by atoms with Crippen molar-refractivity contribution in [2.75, 3.05) is 25.0 Å². The van der Waals surface area contributed by atoms with Crippen LogP contribution in [0.1, 0.15) is 34.8 Å². The number of anilines is 1. The highest BCUT2D eigenvalue weighted by Crippen LogP contribution is 2.41. The molecule has 0 spiro atoms. The highest BCUT2D eigenvalue weighted by atomic mass is 32.1. The van der Waals surface area contributed by atoms with Crippen molar-refractivity contribution in [1.82, 2.24) is 10.3 Å². The lowest BCUT2D eigenvalue weighted by Gasteiger charge is -2.37. The highest BCUT2D eigenvalue weighted by Gasteiger charge is 2.35. The molecule has 13 heteroatoms. The molecular weight excluding hydrogens is 503 g/mol. The van der Waals surface area contributed by atoms with Gasteiger partial charge in [0.05, 0.1) is 18.7 Å². The summed E-state index contributed by atoms with van der Waals surface area (Å²) in [6, 6.07) is 6.95. The Morgan fingerprint density at radius 1 is 1.35 bits per heavy atom. The van der Waals surface area contributed by atoms with E-state index in [0.717, 1.165) is 23.3 Å². The summed E-state index contributed by atoms with van der Waals surface area (Å²) in [6.07, 6.45) is 2.38. The quantitative estimate of drug-likeness (QED) is 0.147. The van der Waals surface area contributed by atoms with Crippen LogP contribution in [0.5, 0.6) is 17.2 Å². The molecule has 1 aliphatic heterocycles. The fourth-order valence-corrected chi connectivity index (χ4v) is 4.66. The maximum atomic E-state index is 14.3. The van der Waals surface area contributed by atoms with E-state index in [1.807, 2.05) is 6.92 Å². The van der Waals surface area contributed by atoms with Gasteiger partial charge >= 0.3 is 5.97 Å². The van der Waals surface area contributed by atoms with Gasteiger partial charge in [0.25, 0.3) is 0 Å². The number of hydrogen-bond acceptors (Lipinski definition) is 8. The molecule has 1 atom stereocenters. The second-order valence-electron chi connectivity index (χ2n) is 8.38. The molecule has 0 aliphatic carbocycles. The van der Waals surface area contributed by atoms with Crippen LogP contribution >= 0.6 is 11.3 Å². The molecule has 0 fully saturated rings. The summed E-state index contributed by atoms with van der Waals surface area (Å²) in [4.78, 5) is 30.7. The number of rotatable bonds is 10. The molecule has 1 aromatic heterocycles. The Morgan fingerprint density at radius 2 is 2.19 bits per heavy atom. The number of aromatic carboxylic acids is 1. The summed E-state index contributed by atoms with van der Waals surface area (Å²) in [5, 5.41) is 21.0. The van der Waals surface area contributed by atoms with Gasteiger partial charge < -0.3 is 25.2 Å². The van der Waals surface area contributed by atoms with Gasteiger partial charge in [-0.05, 0) is 54.3 Å². The van der Waals surface area contributed by atoms with Gasteiger partial charge in [-0.15, -0.1) is 11.3 Å². The van der Waals surface area contributed by atoms with Crippen LogP contribution in [0, 0.1) is 5.82 Å². The van der Waals surface area contributed by atoms with Crippen LogP contribution in [-0.4, -0.2) is 41.7 Å². The third-order valence-corrected chi connectivity index (χ3v) is 6.47. The number of ether oxygens (including phenoxy) is 2. The number of aromatic nitrogens is 1. The molecule has 2 aromatic carbocycles. The van der Waals surface area contributed by atoms with Gasteiger partial charge in [0.2, 0.25) is 5.91 Å². The van der Waals surface area contributed by atoms with Gasteiger partial charge in [0.15, 0.2) is 16.6 Å². The molecule has 0 radical (unpaired) electrons. The lowest BCUT2D eigenvalue weighted by molar-refractivity contribution is -0.117. The predicted molar refractivity (Wildman–Crippen MR) is 134 cm³/mol. The molecular formula is C24H23FN6O5S. The minimum absolute atomic E-state index is 0.0642. The number of amides is 1. The Morgan fingerprint density at radius 3 is 2.89 bits per heavy atom. The average Bonchev–Trinajstić information content (AvgIpc) is 3.35. The van der Waals surface area contributed by atoms with Gasteiger partial charge in [-0.3, -0.25) is 4.79 Å². The first-order valence-electron chi connectivity index (χ1n) is 11.3. The van der Waals surface area contributed by atoms with E-state index in [1.54, 1.807) is 23.7 Å². The van der Waals surface area contributed by atoms with Crippen molar-refractivity contribution in [1.29, 1.82) is 0 Å². The Labute approximate surface area is 214 Å². The van der Waals surface area contributed by atoms with Crippen LogP contribution in [0.4, 0.5) is 9.52 Å². The zero-order chi connectivity index (χ0) is 26.4. The summed E-state index contributed by atoms with van der Waals surface area (Å²) in [5.41, 5.74) is 9.02. The van der Waals surface area contributed by atoms with Gasteiger partial charge in [-0.25, -0.2) is 14.2 Å². The smallest absolute Gasteiger partial charge is 0.338 e. The number of nitrogens with zero attached hydrogens (tertiary/aromatic N) is 4. The zero-order valence-corrected chi connectivity index (χ0v) is 20.5. The van der Waals surface area contributed by atoms with Crippen LogP contribution in [0.2, 0.25) is 0 Å². The van der Waals surface area contributed by atoms with Crippen LogP contribution in [-0.2, 0) is 16.8 Å². The molecule has 1 unspecified atom stereocenters. The van der Waals surface area contributed by atoms with Gasteiger partial charge in [-0.2, -0.15) is 0 Å². The third-order valence-electron chi connectivity index (χ3n) is 5.78. The number of carbonyl (C=O) groups is 2. The summed E-state index contributed by atoms with van der Waals surface area (Å²) < 4.78 is 26.0. The third kappa shape index (κ3) is 6.15. The average molecular weight is 527 g/mol. The summed E-state index contributed by atoms with van der Waals surface area (Å²) in [7, 11) is 0. The topological polar surface area (TPSA) is 159 Å². The van der Waals surface area contributed by atoms with E-state index in [-0.39, 0.29) is 37.0 Å². The fraction of sp³-hybridized carbons (Fsp3) is 0.292. The number of azide groups is 1. The summed E-state index contributed by atoms with van der Waals surface area (Å²) in [6.45, 7) is 2.69. The number of fused-ring (bicyclic) bond motifs is 1. The largest absolute Gasteiger partial charge is 0.490 e. The first-order valence-corrected chi connectivity index (χ1v) is 12.1. The number of carbonyl (C=O) groups excluding carboxylic acids is 1. The molecule has 2 heterocycles. The van der Waals surface area contributed by atoms with E-state index < -0.39 is 22.9 Å². The first-order chi connectivity index (χ1) is 17.8. The van der Waals surface area contributed by atoms with Crippen molar-refractivity contribution in [3.8, 4) is 17.2 Å². The van der Waals surface area contributed by atoms with E-state index in [4.69, 9.17) is 20.1 Å². The van der Waals surface area contributed by atoms with Gasteiger partial charge in [0, 0.05) is 41.1 Å². The second kappa shape index (κ2) is 11.2. The predicted octanol–water partition coefficient (Wildman–Crippen LogP) is 4.85. The van der Waals surface area contributed by atoms with Crippen molar-refractivity contribution in [2.24, 2.45) is 5.11 Å². The van der Waals surface area contributed by atoms with Crippen molar-refractivity contribution >= 4 is 28.3 Å². The van der Waals surface area contributed by atoms with Crippen LogP contribution in [0.25, 0.3) is 10.4 Å². The summed E-state index contributed by atoms with van der Waals surface area (Å²) >= 11 is 1.32. The minimum Gasteiger partial charge on any atom is -0.490 e. The first kappa shape index (κ1) is 25.9. The van der Waals surface area contributed by atoms with E-state index in [1.165, 1.54) is 17.4 Å². The second-order valence-corrected chi connectivity index (χ2v) is 9.27. The zero-order valence-electron chi connectivity index (χ0n) is 19.7. The minimum atomic E-state index is -1.39. The summed E-state index contributed by atoms with van der Waals surface area (Å²) in [5.74, 6) is -1.92. The van der Waals surface area contributed by atoms with Crippen molar-refractivity contribution < 1.29 is 28.6 Å². The number of benzene rings is 2. The maximum Gasteiger partial charge on any atom is 0.338 e. The molecule has 3 N–H and O–H groups in total. The molecule has 1 amide bonds. The normalized spacial score (nSPS) is 16.3. The van der Waals surface area contributed by atoms with E-state index >= 15 is 0 Å². The van der Waals surface area contributed by atoms with Crippen LogP contribution in [0.3, 0.4) is 0 Å². The maximum absolute atomic E-state index is 14.3. The number of halogens is 1. The fourth-order valence-electron chi connectivity index (χ4n) is 4.11. The SMILES string of the molecule is CC1(CC(=O)Nc2nccs2)NCCc2cc(OCCN=[N+]=[N-])c(Oc3ccc(C(=O)O)c(F)c3)cc21. The van der Waals surface area contributed by atoms with E-state index in [9.17, 15) is 14.0 Å². The molecule has 1 aliphatic rings. The van der Waals surface area contributed by atoms with Gasteiger partial charge in [-0.1, -0.05) is 5.11 Å². The standard InChI is InChI=1S/C24H23FN6O5S/c1-24(13-21(32)30-23-27-7-9-37-23)17-12-20(36-15-2-3-16(22(33)34)18(25)11-15)19(35-8-6-29-31-26)10-14(17)4-5-28-24/h2-3,7,9-12,28H,4-6,8,13H2,1H3,(H,33,34)(H,27,30,32). The molecule has 4 rings (SSSR count).